The second-order valence-electron chi connectivity index (χ2n) is 4.24. The van der Waals surface area contributed by atoms with Crippen molar-refractivity contribution in [3.63, 3.8) is 0 Å². The molecule has 3 aromatic rings. The fourth-order valence-corrected chi connectivity index (χ4v) is 3.53. The molecule has 0 radical (unpaired) electrons. The van der Waals surface area contributed by atoms with Crippen LogP contribution in [0.3, 0.4) is 0 Å². The van der Waals surface area contributed by atoms with Gasteiger partial charge in [-0.3, -0.25) is 0 Å². The Kier molecular flexibility index (Phi) is 3.16. The molecule has 2 heterocycles. The van der Waals surface area contributed by atoms with Crippen LogP contribution in [-0.2, 0) is 0 Å². The zero-order valence-corrected chi connectivity index (χ0v) is 12.6. The second-order valence-corrected chi connectivity index (χ2v) is 6.01. The molecule has 3 nitrogen and oxygen atoms in total. The summed E-state index contributed by atoms with van der Waals surface area (Å²) >= 11 is 5.11. The molecule has 2 aromatic heterocycles. The first-order valence-corrected chi connectivity index (χ1v) is 7.39. The lowest BCUT2D eigenvalue weighted by molar-refractivity contribution is 0.437. The lowest BCUT2D eigenvalue weighted by atomic mass is 10.0. The molecule has 19 heavy (non-hydrogen) atoms. The zero-order valence-electron chi connectivity index (χ0n) is 10.2. The Morgan fingerprint density at radius 1 is 1.32 bits per heavy atom. The van der Waals surface area contributed by atoms with E-state index in [2.05, 4.69) is 27.2 Å². The van der Waals surface area contributed by atoms with Crippen molar-refractivity contribution in [1.82, 2.24) is 5.16 Å². The smallest absolute Gasteiger partial charge is 0.187 e. The molecule has 0 unspecified atom stereocenters. The molecule has 3 rings (SSSR count). The molecule has 5 heteroatoms. The monoisotopic (exact) mass is 334 g/mol. The van der Waals surface area contributed by atoms with Crippen LogP contribution < -0.4 is 5.73 Å². The highest BCUT2D eigenvalue weighted by Gasteiger charge is 2.20. The lowest BCUT2D eigenvalue weighted by Crippen LogP contribution is -1.89. The number of aryl methyl sites for hydroxylation is 1. The van der Waals surface area contributed by atoms with Gasteiger partial charge in [-0.25, -0.2) is 0 Å². The number of halogens is 1. The summed E-state index contributed by atoms with van der Waals surface area (Å²) in [6.45, 7) is 2.05. The minimum atomic E-state index is 0.418. The van der Waals surface area contributed by atoms with Gasteiger partial charge < -0.3 is 10.3 Å². The first kappa shape index (κ1) is 12.4. The first-order valence-electron chi connectivity index (χ1n) is 5.72. The molecule has 0 spiro atoms. The summed E-state index contributed by atoms with van der Waals surface area (Å²) in [5.74, 6) is 1.13. The van der Waals surface area contributed by atoms with E-state index in [-0.39, 0.29) is 0 Å². The van der Waals surface area contributed by atoms with Gasteiger partial charge in [-0.1, -0.05) is 35.0 Å². The summed E-state index contributed by atoms with van der Waals surface area (Å²) in [4.78, 5) is 1.00. The molecule has 0 aliphatic carbocycles. The van der Waals surface area contributed by atoms with E-state index in [0.29, 0.717) is 11.6 Å². The Labute approximate surface area is 123 Å². The molecule has 0 fully saturated rings. The number of rotatable bonds is 2. The SMILES string of the molecule is Cc1cccc(-c2c(N)noc2-c2sccc2Br)c1. The second kappa shape index (κ2) is 4.83. The van der Waals surface area contributed by atoms with E-state index in [9.17, 15) is 0 Å². The van der Waals surface area contributed by atoms with Crippen LogP contribution in [0, 0.1) is 6.92 Å². The largest absolute Gasteiger partial charge is 0.380 e. The van der Waals surface area contributed by atoms with Crippen LogP contribution in [0.1, 0.15) is 5.56 Å². The van der Waals surface area contributed by atoms with Gasteiger partial charge in [0.05, 0.1) is 10.4 Å². The molecule has 0 saturated carbocycles. The predicted octanol–water partition coefficient (Wildman–Crippen LogP) is 4.72. The number of anilines is 1. The van der Waals surface area contributed by atoms with Crippen LogP contribution in [-0.4, -0.2) is 5.16 Å². The van der Waals surface area contributed by atoms with E-state index < -0.39 is 0 Å². The maximum absolute atomic E-state index is 5.96. The highest BCUT2D eigenvalue weighted by Crippen LogP contribution is 2.42. The molecule has 0 atom stereocenters. The van der Waals surface area contributed by atoms with Crippen LogP contribution in [0.4, 0.5) is 5.82 Å². The van der Waals surface area contributed by atoms with E-state index in [0.717, 1.165) is 20.5 Å². The number of nitrogens with two attached hydrogens (primary N) is 1. The normalized spacial score (nSPS) is 10.8. The number of thiophene rings is 1. The summed E-state index contributed by atoms with van der Waals surface area (Å²) in [6, 6.07) is 10.1. The van der Waals surface area contributed by atoms with Gasteiger partial charge in [0.25, 0.3) is 0 Å². The molecule has 0 saturated heterocycles. The van der Waals surface area contributed by atoms with E-state index in [4.69, 9.17) is 10.3 Å². The van der Waals surface area contributed by atoms with Gasteiger partial charge >= 0.3 is 0 Å². The van der Waals surface area contributed by atoms with Crippen molar-refractivity contribution in [2.24, 2.45) is 0 Å². The summed E-state index contributed by atoms with van der Waals surface area (Å²) in [6.07, 6.45) is 0. The van der Waals surface area contributed by atoms with Gasteiger partial charge in [0, 0.05) is 4.47 Å². The van der Waals surface area contributed by atoms with Gasteiger partial charge in [-0.15, -0.1) is 11.3 Å². The Morgan fingerprint density at radius 2 is 2.16 bits per heavy atom. The van der Waals surface area contributed by atoms with Crippen molar-refractivity contribution < 1.29 is 4.52 Å². The fraction of sp³-hybridized carbons (Fsp3) is 0.0714. The van der Waals surface area contributed by atoms with Crippen LogP contribution in [0.25, 0.3) is 21.8 Å². The maximum Gasteiger partial charge on any atom is 0.187 e. The molecule has 0 aliphatic rings. The Balaban J connectivity index is 2.22. The minimum absolute atomic E-state index is 0.418. The minimum Gasteiger partial charge on any atom is -0.380 e. The number of nitrogen functional groups attached to an aromatic ring is 1. The fourth-order valence-electron chi connectivity index (χ4n) is 1.99. The molecule has 96 valence electrons. The number of hydrogen-bond donors (Lipinski definition) is 1. The standard InChI is InChI=1S/C14H11BrN2OS/c1-8-3-2-4-9(7-8)11-12(18-17-14(11)16)13-10(15)5-6-19-13/h2-7H,1H3,(H2,16,17). The van der Waals surface area contributed by atoms with Crippen molar-refractivity contribution in [3.05, 3.63) is 45.7 Å². The Morgan fingerprint density at radius 3 is 2.84 bits per heavy atom. The Bertz CT molecular complexity index is 733. The van der Waals surface area contributed by atoms with E-state index in [1.165, 1.54) is 5.56 Å². The van der Waals surface area contributed by atoms with Gasteiger partial charge in [0.2, 0.25) is 0 Å². The summed E-state index contributed by atoms with van der Waals surface area (Å²) in [7, 11) is 0. The zero-order chi connectivity index (χ0) is 13.4. The van der Waals surface area contributed by atoms with Gasteiger partial charge in [0.15, 0.2) is 11.6 Å². The van der Waals surface area contributed by atoms with Gasteiger partial charge in [-0.05, 0) is 39.9 Å². The topological polar surface area (TPSA) is 52.0 Å². The van der Waals surface area contributed by atoms with Crippen molar-refractivity contribution in [2.45, 2.75) is 6.92 Å². The molecule has 1 aromatic carbocycles. The van der Waals surface area contributed by atoms with Gasteiger partial charge in [-0.2, -0.15) is 0 Å². The van der Waals surface area contributed by atoms with Crippen molar-refractivity contribution in [1.29, 1.82) is 0 Å². The van der Waals surface area contributed by atoms with Crippen molar-refractivity contribution in [3.8, 4) is 21.8 Å². The maximum atomic E-state index is 5.96. The van der Waals surface area contributed by atoms with E-state index >= 15 is 0 Å². The highest BCUT2D eigenvalue weighted by molar-refractivity contribution is 9.10. The van der Waals surface area contributed by atoms with Crippen LogP contribution >= 0.6 is 27.3 Å². The average molecular weight is 335 g/mol. The summed E-state index contributed by atoms with van der Waals surface area (Å²) < 4.78 is 6.41. The molecule has 2 N–H and O–H groups in total. The van der Waals surface area contributed by atoms with Crippen LogP contribution in [0.5, 0.6) is 0 Å². The third-order valence-electron chi connectivity index (χ3n) is 2.85. The highest BCUT2D eigenvalue weighted by atomic mass is 79.9. The molecular weight excluding hydrogens is 324 g/mol. The third-order valence-corrected chi connectivity index (χ3v) is 4.69. The molecule has 0 amide bonds. The third kappa shape index (κ3) is 2.19. The van der Waals surface area contributed by atoms with E-state index in [1.807, 2.05) is 36.6 Å². The Hall–Kier alpha value is -1.59. The first-order chi connectivity index (χ1) is 9.16. The summed E-state index contributed by atoms with van der Waals surface area (Å²) in [5.41, 5.74) is 9.02. The van der Waals surface area contributed by atoms with Crippen LogP contribution in [0.15, 0.2) is 44.7 Å². The number of nitrogens with zero attached hydrogens (tertiary/aromatic N) is 1. The number of benzene rings is 1. The molecule has 0 bridgehead atoms. The predicted molar refractivity (Wildman–Crippen MR) is 82.1 cm³/mol. The van der Waals surface area contributed by atoms with Crippen molar-refractivity contribution in [2.75, 3.05) is 5.73 Å². The number of aromatic nitrogens is 1. The quantitative estimate of drug-likeness (QED) is 0.737. The van der Waals surface area contributed by atoms with Crippen molar-refractivity contribution >= 4 is 33.1 Å². The lowest BCUT2D eigenvalue weighted by Gasteiger charge is -2.03. The van der Waals surface area contributed by atoms with Crippen LogP contribution in [0.2, 0.25) is 0 Å². The average Bonchev–Trinajstić information content (AvgIpc) is 2.95. The van der Waals surface area contributed by atoms with Gasteiger partial charge in [0.1, 0.15) is 0 Å². The van der Waals surface area contributed by atoms with E-state index in [1.54, 1.807) is 11.3 Å². The number of hydrogen-bond acceptors (Lipinski definition) is 4. The molecular formula is C14H11BrN2OS. The molecule has 0 aliphatic heterocycles. The summed E-state index contributed by atoms with van der Waals surface area (Å²) in [5, 5.41) is 5.91.